The molecule has 0 aliphatic carbocycles. The molecule has 8 heteroatoms. The Balaban J connectivity index is 0.928. The van der Waals surface area contributed by atoms with Crippen molar-refractivity contribution in [2.45, 2.75) is 0 Å². The second-order valence-corrected chi connectivity index (χ2v) is 21.2. The molecular weight excluding hydrogens is 1070 g/mol. The minimum atomic E-state index is -0.689. The Labute approximate surface area is 494 Å². The minimum absolute atomic E-state index is 0.0592. The summed E-state index contributed by atoms with van der Waals surface area (Å²) in [5.74, 6) is -2.67. The van der Waals surface area contributed by atoms with E-state index in [9.17, 15) is 5.26 Å². The summed E-state index contributed by atoms with van der Waals surface area (Å²) < 4.78 is 70.1. The molecule has 0 saturated heterocycles. The molecule has 0 radical (unpaired) electrons. The van der Waals surface area contributed by atoms with Gasteiger partial charge in [0.2, 0.25) is 0 Å². The van der Waals surface area contributed by atoms with Crippen molar-refractivity contribution in [1.29, 1.82) is 5.26 Å². The zero-order valence-corrected chi connectivity index (χ0v) is 45.9. The van der Waals surface area contributed by atoms with Crippen LogP contribution in [0.4, 0.5) is 57.4 Å². The number of nitriles is 1. The average Bonchev–Trinajstić information content (AvgIpc) is 0.794. The maximum atomic E-state index is 17.7. The van der Waals surface area contributed by atoms with Gasteiger partial charge in [0.15, 0.2) is 5.69 Å². The summed E-state index contributed by atoms with van der Waals surface area (Å²) >= 11 is 0. The molecule has 0 bridgehead atoms. The van der Waals surface area contributed by atoms with Crippen LogP contribution in [0.25, 0.3) is 104 Å². The summed E-state index contributed by atoms with van der Waals surface area (Å²) in [6.07, 6.45) is 0. The van der Waals surface area contributed by atoms with Crippen LogP contribution in [0.1, 0.15) is 5.56 Å². The third kappa shape index (κ3) is 9.57. The predicted molar refractivity (Wildman–Crippen MR) is 343 cm³/mol. The van der Waals surface area contributed by atoms with Crippen LogP contribution in [0.5, 0.6) is 0 Å². The van der Waals surface area contributed by atoms with Crippen LogP contribution in [-0.2, 0) is 0 Å². The Kier molecular flexibility index (Phi) is 13.4. The summed E-state index contributed by atoms with van der Waals surface area (Å²) in [4.78, 5) is 6.98. The molecule has 0 fully saturated rings. The number of hydrogen-bond donors (Lipinski definition) is 0. The van der Waals surface area contributed by atoms with Gasteiger partial charge in [-0.3, -0.25) is 0 Å². The van der Waals surface area contributed by atoms with E-state index in [1.54, 1.807) is 58.3 Å². The molecule has 0 aliphatic heterocycles. The third-order valence-corrected chi connectivity index (χ3v) is 16.1. The monoisotopic (exact) mass is 1110 g/mol. The van der Waals surface area contributed by atoms with Crippen molar-refractivity contribution in [3.63, 3.8) is 0 Å². The molecule has 14 aromatic carbocycles. The van der Waals surface area contributed by atoms with Gasteiger partial charge in [0.1, 0.15) is 23.3 Å². The normalized spacial score (nSPS) is 11.2. The first kappa shape index (κ1) is 52.5. The highest BCUT2D eigenvalue weighted by molar-refractivity contribution is 6.28. The lowest BCUT2D eigenvalue weighted by Crippen LogP contribution is -2.14. The molecule has 86 heavy (non-hydrogen) atoms. The van der Waals surface area contributed by atoms with Crippen LogP contribution in [0, 0.1) is 41.2 Å². The van der Waals surface area contributed by atoms with Crippen LogP contribution >= 0.6 is 0 Å². The van der Waals surface area contributed by atoms with E-state index in [1.807, 2.05) is 194 Å². The van der Waals surface area contributed by atoms with Crippen LogP contribution in [0.2, 0.25) is 0 Å². The van der Waals surface area contributed by atoms with Crippen LogP contribution in [0.15, 0.2) is 279 Å². The number of benzene rings is 14. The molecule has 0 unspecified atom stereocenters. The third-order valence-electron chi connectivity index (χ3n) is 16.1. The molecule has 0 N–H and O–H groups in total. The van der Waals surface area contributed by atoms with Gasteiger partial charge in [0.05, 0.1) is 41.0 Å². The van der Waals surface area contributed by atoms with Crippen LogP contribution in [-0.4, -0.2) is 0 Å². The summed E-state index contributed by atoms with van der Waals surface area (Å²) in [6.45, 7) is 7.74. The standard InChI is InChI=1S/C78H46F4N4/c1-84-62-28-32-64(33-29-62)86(76-47-70(80)68(45-72(76)82)61-42-58(52-18-10-4-11-19-52)39-59(43-61)53-20-12-5-13-21-53)74-37-27-55-24-34-65-73(36-26-54-25-35-66(74)78(55)77(54)65)85(63-30-22-49(48-83)23-31-63)75-46-69(79)67(44-71(75)81)60-40-56(50-14-6-2-7-15-50)38-57(41-60)51-16-8-3-9-17-51/h2-47H. The van der Waals surface area contributed by atoms with Gasteiger partial charge in [0.25, 0.3) is 0 Å². The fraction of sp³-hybridized carbons (Fsp3) is 0. The molecule has 14 aromatic rings. The van der Waals surface area contributed by atoms with Gasteiger partial charge in [-0.1, -0.05) is 170 Å². The van der Waals surface area contributed by atoms with Crippen LogP contribution in [0.3, 0.4) is 0 Å². The Hall–Kier alpha value is -11.6. The Morgan fingerprint density at radius 3 is 1.00 bits per heavy atom. The summed E-state index contributed by atoms with van der Waals surface area (Å²) in [5, 5.41) is 14.5. The van der Waals surface area contributed by atoms with E-state index in [4.69, 9.17) is 6.57 Å². The van der Waals surface area contributed by atoms with Crippen molar-refractivity contribution in [2.24, 2.45) is 0 Å². The molecule has 0 aromatic heterocycles. The first-order valence-corrected chi connectivity index (χ1v) is 28.0. The summed E-state index contributed by atoms with van der Waals surface area (Å²) in [7, 11) is 0. The van der Waals surface area contributed by atoms with E-state index in [1.165, 1.54) is 24.3 Å². The maximum absolute atomic E-state index is 17.7. The molecular formula is C78H46F4N4. The molecule has 0 aliphatic rings. The molecule has 0 atom stereocenters. The van der Waals surface area contributed by atoms with Gasteiger partial charge in [-0.15, -0.1) is 0 Å². The van der Waals surface area contributed by atoms with Crippen molar-refractivity contribution in [3.8, 4) is 72.8 Å². The summed E-state index contributed by atoms with van der Waals surface area (Å²) in [5.41, 5.74) is 10.9. The Morgan fingerprint density at radius 2 is 0.651 bits per heavy atom. The van der Waals surface area contributed by atoms with E-state index in [0.717, 1.165) is 66.1 Å². The highest BCUT2D eigenvalue weighted by Gasteiger charge is 2.27. The largest absolute Gasteiger partial charge is 0.307 e. The van der Waals surface area contributed by atoms with E-state index < -0.39 is 23.3 Å². The van der Waals surface area contributed by atoms with E-state index in [2.05, 4.69) is 23.0 Å². The second kappa shape index (κ2) is 22.0. The highest BCUT2D eigenvalue weighted by Crippen LogP contribution is 2.50. The zero-order chi connectivity index (χ0) is 58.4. The predicted octanol–water partition coefficient (Wildman–Crippen LogP) is 22.5. The van der Waals surface area contributed by atoms with Gasteiger partial charge >= 0.3 is 0 Å². The zero-order valence-electron chi connectivity index (χ0n) is 45.9. The van der Waals surface area contributed by atoms with E-state index in [0.29, 0.717) is 55.9 Å². The van der Waals surface area contributed by atoms with E-state index in [-0.39, 0.29) is 22.5 Å². The molecule has 0 spiro atoms. The second-order valence-electron chi connectivity index (χ2n) is 21.2. The molecule has 14 rings (SSSR count). The van der Waals surface area contributed by atoms with Crippen molar-refractivity contribution in [3.05, 3.63) is 319 Å². The number of rotatable bonds is 12. The average molecular weight is 1120 g/mol. The number of hydrogen-bond acceptors (Lipinski definition) is 3. The minimum Gasteiger partial charge on any atom is -0.307 e. The van der Waals surface area contributed by atoms with Gasteiger partial charge < -0.3 is 9.80 Å². The lowest BCUT2D eigenvalue weighted by molar-refractivity contribution is 0.604. The van der Waals surface area contributed by atoms with Crippen molar-refractivity contribution >= 4 is 72.1 Å². The summed E-state index contributed by atoms with van der Waals surface area (Å²) in [6, 6.07) is 86.9. The van der Waals surface area contributed by atoms with Crippen molar-refractivity contribution in [2.75, 3.05) is 9.80 Å². The lowest BCUT2D eigenvalue weighted by Gasteiger charge is -2.30. The maximum Gasteiger partial charge on any atom is 0.187 e. The quantitative estimate of drug-likeness (QED) is 0.0695. The van der Waals surface area contributed by atoms with Gasteiger partial charge in [0, 0.05) is 45.4 Å². The molecule has 406 valence electrons. The van der Waals surface area contributed by atoms with Gasteiger partial charge in [-0.25, -0.2) is 22.4 Å². The van der Waals surface area contributed by atoms with Gasteiger partial charge in [-0.05, 0) is 174 Å². The number of anilines is 6. The first-order valence-electron chi connectivity index (χ1n) is 28.0. The highest BCUT2D eigenvalue weighted by atomic mass is 19.1. The van der Waals surface area contributed by atoms with Gasteiger partial charge in [-0.2, -0.15) is 5.26 Å². The van der Waals surface area contributed by atoms with Crippen LogP contribution < -0.4 is 9.80 Å². The molecule has 4 nitrogen and oxygen atoms in total. The fourth-order valence-corrected chi connectivity index (χ4v) is 12.0. The fourth-order valence-electron chi connectivity index (χ4n) is 12.0. The number of halogens is 4. The van der Waals surface area contributed by atoms with E-state index >= 15 is 17.6 Å². The SMILES string of the molecule is [C-]#[N+]c1ccc(N(c2cc(F)c(-c3cc(-c4ccccc4)cc(-c4ccccc4)c3)cc2F)c2ccc3ccc4c(N(c5ccc(C#N)cc5)c5cc(F)c(-c6cc(-c7ccccc7)cc(-c7ccccc7)c6)cc5F)ccc5ccc2c3c54)cc1. The number of nitrogens with zero attached hydrogens (tertiary/aromatic N) is 4. The first-order chi connectivity index (χ1) is 42.2. The van der Waals surface area contributed by atoms with Crippen molar-refractivity contribution in [1.82, 2.24) is 0 Å². The molecule has 0 amide bonds. The molecule has 0 heterocycles. The molecule has 0 saturated carbocycles. The topological polar surface area (TPSA) is 34.6 Å². The van der Waals surface area contributed by atoms with Crippen molar-refractivity contribution < 1.29 is 17.6 Å². The lowest BCUT2D eigenvalue weighted by atomic mass is 9.91. The Bertz CT molecular complexity index is 4550. The smallest absolute Gasteiger partial charge is 0.187 e. The Morgan fingerprint density at radius 1 is 0.314 bits per heavy atom.